The van der Waals surface area contributed by atoms with Crippen LogP contribution in [-0.2, 0) is 19.2 Å². The Morgan fingerprint density at radius 2 is 1.68 bits per heavy atom. The minimum Gasteiger partial charge on any atom is -0.469 e. The summed E-state index contributed by atoms with van der Waals surface area (Å²) < 4.78 is 10.3. The van der Waals surface area contributed by atoms with E-state index in [4.69, 9.17) is 9.99 Å². The van der Waals surface area contributed by atoms with Gasteiger partial charge in [0.25, 0.3) is 0 Å². The molecule has 0 aromatic heterocycles. The molecule has 0 spiro atoms. The van der Waals surface area contributed by atoms with Crippen LogP contribution < -0.4 is 5.32 Å². The van der Waals surface area contributed by atoms with E-state index in [1.165, 1.54) is 20.6 Å². The van der Waals surface area contributed by atoms with Gasteiger partial charge in [0.1, 0.15) is 0 Å². The second-order valence-electron chi connectivity index (χ2n) is 5.10. The summed E-state index contributed by atoms with van der Waals surface area (Å²) in [6, 6.07) is 0. The van der Waals surface area contributed by atoms with Crippen LogP contribution in [0.5, 0.6) is 0 Å². The van der Waals surface area contributed by atoms with Crippen molar-refractivity contribution < 1.29 is 24.4 Å². The molecular formula is C16H35NO5. The molecule has 0 unspecified atom stereocenters. The Hall–Kier alpha value is -0.690. The highest BCUT2D eigenvalue weighted by Crippen LogP contribution is 2.09. The van der Waals surface area contributed by atoms with Crippen LogP contribution in [0.15, 0.2) is 0 Å². The van der Waals surface area contributed by atoms with Gasteiger partial charge in [0.05, 0.1) is 20.3 Å². The van der Waals surface area contributed by atoms with E-state index in [2.05, 4.69) is 28.8 Å². The minimum absolute atomic E-state index is 0.112. The second-order valence-corrected chi connectivity index (χ2v) is 5.10. The molecule has 1 rings (SSSR count). The fraction of sp³-hybridized carbons (Fsp3) is 0.938. The molecule has 22 heavy (non-hydrogen) atoms. The second kappa shape index (κ2) is 20.3. The Kier molecular flexibility index (Phi) is 21.8. The SMILES string of the molecule is CCC.COC(=O)CCCCCOC1CCNCC1.COO. The van der Waals surface area contributed by atoms with Crippen LogP contribution in [0.2, 0.25) is 0 Å². The third-order valence-electron chi connectivity index (χ3n) is 2.89. The molecule has 0 bridgehead atoms. The molecule has 1 aliphatic heterocycles. The summed E-state index contributed by atoms with van der Waals surface area (Å²) in [4.78, 5) is 14.1. The van der Waals surface area contributed by atoms with E-state index < -0.39 is 0 Å². The first kappa shape index (κ1) is 23.6. The van der Waals surface area contributed by atoms with Gasteiger partial charge in [-0.05, 0) is 38.8 Å². The molecule has 0 aliphatic carbocycles. The topological polar surface area (TPSA) is 77.0 Å². The lowest BCUT2D eigenvalue weighted by Crippen LogP contribution is -2.32. The highest BCUT2D eigenvalue weighted by atomic mass is 17.1. The maximum absolute atomic E-state index is 10.8. The van der Waals surface area contributed by atoms with Crippen LogP contribution >= 0.6 is 0 Å². The first-order valence-electron chi connectivity index (χ1n) is 8.22. The molecule has 1 saturated heterocycles. The van der Waals surface area contributed by atoms with E-state index in [-0.39, 0.29) is 5.97 Å². The lowest BCUT2D eigenvalue weighted by atomic mass is 10.1. The van der Waals surface area contributed by atoms with Crippen molar-refractivity contribution in [2.75, 3.05) is 33.9 Å². The summed E-state index contributed by atoms with van der Waals surface area (Å²) in [5.74, 6) is -0.112. The van der Waals surface area contributed by atoms with Crippen molar-refractivity contribution in [2.45, 2.75) is 64.9 Å². The number of nitrogens with one attached hydrogen (secondary N) is 1. The van der Waals surface area contributed by atoms with Gasteiger partial charge in [-0.1, -0.05) is 26.7 Å². The van der Waals surface area contributed by atoms with E-state index in [1.54, 1.807) is 0 Å². The van der Waals surface area contributed by atoms with E-state index in [0.29, 0.717) is 12.5 Å². The summed E-state index contributed by atoms with van der Waals surface area (Å²) in [5, 5.41) is 10.4. The lowest BCUT2D eigenvalue weighted by molar-refractivity contribution is -0.214. The number of unbranched alkanes of at least 4 members (excludes halogenated alkanes) is 2. The Morgan fingerprint density at radius 1 is 1.14 bits per heavy atom. The summed E-state index contributed by atoms with van der Waals surface area (Å²) in [6.45, 7) is 7.23. The monoisotopic (exact) mass is 321 g/mol. The zero-order valence-electron chi connectivity index (χ0n) is 14.7. The Morgan fingerprint density at radius 3 is 2.18 bits per heavy atom. The third kappa shape index (κ3) is 19.3. The van der Waals surface area contributed by atoms with Gasteiger partial charge < -0.3 is 14.8 Å². The summed E-state index contributed by atoms with van der Waals surface area (Å²) in [6.07, 6.45) is 7.47. The van der Waals surface area contributed by atoms with Gasteiger partial charge in [-0.15, -0.1) is 0 Å². The van der Waals surface area contributed by atoms with E-state index in [1.807, 2.05) is 0 Å². The van der Waals surface area contributed by atoms with Crippen molar-refractivity contribution in [3.63, 3.8) is 0 Å². The average Bonchev–Trinajstić information content (AvgIpc) is 2.53. The molecule has 0 saturated carbocycles. The molecule has 0 atom stereocenters. The zero-order chi connectivity index (χ0) is 17.1. The number of esters is 1. The molecule has 134 valence electrons. The summed E-state index contributed by atoms with van der Waals surface area (Å²) >= 11 is 0. The maximum Gasteiger partial charge on any atom is 0.305 e. The fourth-order valence-electron chi connectivity index (χ4n) is 1.86. The van der Waals surface area contributed by atoms with Crippen molar-refractivity contribution in [1.82, 2.24) is 5.32 Å². The van der Waals surface area contributed by atoms with Crippen LogP contribution in [0, 0.1) is 0 Å². The number of carbonyl (C=O) groups is 1. The maximum atomic E-state index is 10.8. The summed E-state index contributed by atoms with van der Waals surface area (Å²) in [5.41, 5.74) is 0. The zero-order valence-corrected chi connectivity index (χ0v) is 14.7. The van der Waals surface area contributed by atoms with Crippen LogP contribution in [0.4, 0.5) is 0 Å². The number of carbonyl (C=O) groups excluding carboxylic acids is 1. The minimum atomic E-state index is -0.112. The van der Waals surface area contributed by atoms with Crippen molar-refractivity contribution in [3.05, 3.63) is 0 Å². The van der Waals surface area contributed by atoms with E-state index >= 15 is 0 Å². The highest BCUT2D eigenvalue weighted by Gasteiger charge is 2.12. The van der Waals surface area contributed by atoms with E-state index in [0.717, 1.165) is 51.8 Å². The molecular weight excluding hydrogens is 286 g/mol. The molecule has 2 N–H and O–H groups in total. The normalized spacial score (nSPS) is 14.2. The van der Waals surface area contributed by atoms with Gasteiger partial charge in [0.15, 0.2) is 0 Å². The van der Waals surface area contributed by atoms with Crippen LogP contribution in [0.25, 0.3) is 0 Å². The van der Waals surface area contributed by atoms with E-state index in [9.17, 15) is 4.79 Å². The van der Waals surface area contributed by atoms with Gasteiger partial charge in [-0.2, -0.15) is 0 Å². The Bertz CT molecular complexity index is 219. The lowest BCUT2D eigenvalue weighted by Gasteiger charge is -2.22. The number of hydrogen-bond donors (Lipinski definition) is 2. The predicted octanol–water partition coefficient (Wildman–Crippen LogP) is 3.01. The first-order chi connectivity index (χ1) is 10.7. The molecule has 0 aromatic carbocycles. The van der Waals surface area contributed by atoms with Gasteiger partial charge in [-0.25, -0.2) is 4.89 Å². The fourth-order valence-corrected chi connectivity index (χ4v) is 1.86. The van der Waals surface area contributed by atoms with Gasteiger partial charge in [0, 0.05) is 13.0 Å². The van der Waals surface area contributed by atoms with Gasteiger partial charge >= 0.3 is 5.97 Å². The molecule has 0 aromatic rings. The molecule has 1 fully saturated rings. The largest absolute Gasteiger partial charge is 0.469 e. The highest BCUT2D eigenvalue weighted by molar-refractivity contribution is 5.68. The average molecular weight is 321 g/mol. The van der Waals surface area contributed by atoms with Gasteiger partial charge in [-0.3, -0.25) is 10.1 Å². The Balaban J connectivity index is 0. The number of rotatable bonds is 7. The van der Waals surface area contributed by atoms with Gasteiger partial charge in [0.2, 0.25) is 0 Å². The van der Waals surface area contributed by atoms with Crippen molar-refractivity contribution in [2.24, 2.45) is 0 Å². The molecule has 6 heteroatoms. The van der Waals surface area contributed by atoms with Crippen molar-refractivity contribution in [3.8, 4) is 0 Å². The van der Waals surface area contributed by atoms with Crippen LogP contribution in [0.3, 0.4) is 0 Å². The van der Waals surface area contributed by atoms with Crippen molar-refractivity contribution >= 4 is 5.97 Å². The van der Waals surface area contributed by atoms with Crippen LogP contribution in [-0.4, -0.2) is 51.2 Å². The Labute approximate surface area is 135 Å². The molecule has 6 nitrogen and oxygen atoms in total. The smallest absolute Gasteiger partial charge is 0.305 e. The predicted molar refractivity (Wildman–Crippen MR) is 87.9 cm³/mol. The molecule has 0 radical (unpaired) electrons. The molecule has 1 heterocycles. The number of methoxy groups -OCH3 is 1. The number of hydrogen-bond acceptors (Lipinski definition) is 6. The first-order valence-corrected chi connectivity index (χ1v) is 8.22. The van der Waals surface area contributed by atoms with Crippen LogP contribution in [0.1, 0.15) is 58.8 Å². The molecule has 1 aliphatic rings. The molecule has 0 amide bonds. The number of piperidine rings is 1. The third-order valence-corrected chi connectivity index (χ3v) is 2.89. The standard InChI is InChI=1S/C12H23NO3.C3H8.CH4O2/c1-15-12(14)5-3-2-4-10-16-11-6-8-13-9-7-11;2*1-3-2/h11,13H,2-10H2,1H3;3H2,1-2H3;2H,1H3. The number of ether oxygens (including phenoxy) is 2. The quantitative estimate of drug-likeness (QED) is 0.325. The summed E-state index contributed by atoms with van der Waals surface area (Å²) in [7, 11) is 2.61. The van der Waals surface area contributed by atoms with Crippen molar-refractivity contribution in [1.29, 1.82) is 0 Å².